The molecular weight excluding hydrogens is 304 g/mol. The third-order valence-electron chi connectivity index (χ3n) is 3.40. The summed E-state index contributed by atoms with van der Waals surface area (Å²) in [4.78, 5) is 22.2. The molecule has 0 aromatic carbocycles. The molecule has 7 heteroatoms. The number of rotatable bonds is 4. The molecule has 1 saturated heterocycles. The van der Waals surface area contributed by atoms with Gasteiger partial charge in [-0.1, -0.05) is 11.6 Å². The van der Waals surface area contributed by atoms with Crippen LogP contribution in [-0.4, -0.2) is 46.2 Å². The van der Waals surface area contributed by atoms with Crippen LogP contribution in [0.2, 0.25) is 5.15 Å². The molecule has 1 atom stereocenters. The molecule has 6 nitrogen and oxygen atoms in total. The lowest BCUT2D eigenvalue weighted by Crippen LogP contribution is -2.36. The first kappa shape index (κ1) is 17.0. The normalized spacial score (nSPS) is 19.2. The van der Waals surface area contributed by atoms with Crippen LogP contribution in [0.4, 0.5) is 4.79 Å². The minimum absolute atomic E-state index is 0.358. The number of likely N-dealkylation sites (tertiary alicyclic amines) is 1. The fourth-order valence-corrected chi connectivity index (χ4v) is 2.60. The zero-order valence-electron chi connectivity index (χ0n) is 13.3. The van der Waals surface area contributed by atoms with E-state index in [1.54, 1.807) is 12.4 Å². The van der Waals surface area contributed by atoms with Crippen LogP contribution in [0.25, 0.3) is 0 Å². The summed E-state index contributed by atoms with van der Waals surface area (Å²) in [5.74, 6) is 0.419. The molecule has 1 unspecified atom stereocenters. The van der Waals surface area contributed by atoms with Gasteiger partial charge in [0, 0.05) is 32.0 Å². The van der Waals surface area contributed by atoms with Gasteiger partial charge in [0.05, 0.1) is 5.69 Å². The van der Waals surface area contributed by atoms with Crippen molar-refractivity contribution in [1.29, 1.82) is 0 Å². The first-order chi connectivity index (χ1) is 10.3. The molecule has 122 valence electrons. The minimum atomic E-state index is -0.464. The van der Waals surface area contributed by atoms with E-state index in [-0.39, 0.29) is 6.09 Å². The van der Waals surface area contributed by atoms with Crippen molar-refractivity contribution in [1.82, 2.24) is 20.2 Å². The molecule has 0 radical (unpaired) electrons. The van der Waals surface area contributed by atoms with Crippen LogP contribution in [0.5, 0.6) is 0 Å². The summed E-state index contributed by atoms with van der Waals surface area (Å²) in [5, 5.41) is 3.29. The van der Waals surface area contributed by atoms with Gasteiger partial charge in [-0.2, -0.15) is 0 Å². The number of hydrogen-bond donors (Lipinski definition) is 1. The number of amides is 1. The van der Waals surface area contributed by atoms with Gasteiger partial charge in [0.1, 0.15) is 5.60 Å². The van der Waals surface area contributed by atoms with E-state index in [9.17, 15) is 4.79 Å². The number of nitrogens with zero attached hydrogens (tertiary/aromatic N) is 3. The van der Waals surface area contributed by atoms with E-state index in [1.165, 1.54) is 0 Å². The molecule has 1 aliphatic heterocycles. The highest BCUT2D eigenvalue weighted by Gasteiger charge is 2.24. The van der Waals surface area contributed by atoms with Crippen LogP contribution in [0, 0.1) is 5.92 Å². The van der Waals surface area contributed by atoms with Crippen molar-refractivity contribution in [2.75, 3.05) is 19.6 Å². The number of carbonyl (C=O) groups is 1. The van der Waals surface area contributed by atoms with Gasteiger partial charge in [-0.25, -0.2) is 9.78 Å². The molecular formula is C15H23ClN4O2. The third-order valence-corrected chi connectivity index (χ3v) is 3.72. The van der Waals surface area contributed by atoms with E-state index in [0.717, 1.165) is 25.2 Å². The van der Waals surface area contributed by atoms with E-state index in [2.05, 4.69) is 20.2 Å². The Morgan fingerprint density at radius 3 is 2.86 bits per heavy atom. The van der Waals surface area contributed by atoms with Gasteiger partial charge in [-0.15, -0.1) is 0 Å². The second-order valence-electron chi connectivity index (χ2n) is 6.57. The monoisotopic (exact) mass is 326 g/mol. The van der Waals surface area contributed by atoms with Crippen molar-refractivity contribution < 1.29 is 9.53 Å². The van der Waals surface area contributed by atoms with Gasteiger partial charge in [0.2, 0.25) is 0 Å². The van der Waals surface area contributed by atoms with Gasteiger partial charge in [0.15, 0.2) is 5.15 Å². The quantitative estimate of drug-likeness (QED) is 0.920. The van der Waals surface area contributed by atoms with Gasteiger partial charge >= 0.3 is 6.09 Å². The average Bonchev–Trinajstić information content (AvgIpc) is 2.85. The molecule has 1 N–H and O–H groups in total. The van der Waals surface area contributed by atoms with Crippen molar-refractivity contribution >= 4 is 17.7 Å². The van der Waals surface area contributed by atoms with Crippen LogP contribution in [0.15, 0.2) is 12.4 Å². The molecule has 0 spiro atoms. The van der Waals surface area contributed by atoms with E-state index >= 15 is 0 Å². The third kappa shape index (κ3) is 5.42. The average molecular weight is 327 g/mol. The second kappa shape index (κ2) is 7.24. The number of aromatic nitrogens is 2. The summed E-state index contributed by atoms with van der Waals surface area (Å²) in [6, 6.07) is 0. The zero-order valence-corrected chi connectivity index (χ0v) is 14.1. The van der Waals surface area contributed by atoms with E-state index in [1.807, 2.05) is 20.8 Å². The van der Waals surface area contributed by atoms with Gasteiger partial charge < -0.3 is 10.1 Å². The van der Waals surface area contributed by atoms with Gasteiger partial charge in [-0.3, -0.25) is 9.88 Å². The fraction of sp³-hybridized carbons (Fsp3) is 0.667. The molecule has 22 heavy (non-hydrogen) atoms. The summed E-state index contributed by atoms with van der Waals surface area (Å²) in [5.41, 5.74) is 0.332. The smallest absolute Gasteiger partial charge is 0.407 e. The second-order valence-corrected chi connectivity index (χ2v) is 6.92. The summed E-state index contributed by atoms with van der Waals surface area (Å²) in [6.07, 6.45) is 3.92. The molecule has 1 aromatic rings. The Labute approximate surface area is 136 Å². The SMILES string of the molecule is CC(C)(C)OC(=O)NCC1CCN(Cc2nccnc2Cl)C1. The maximum Gasteiger partial charge on any atom is 0.407 e. The summed E-state index contributed by atoms with van der Waals surface area (Å²) in [7, 11) is 0. The van der Waals surface area contributed by atoms with Crippen molar-refractivity contribution in [3.8, 4) is 0 Å². The number of halogens is 1. The topological polar surface area (TPSA) is 67.3 Å². The first-order valence-electron chi connectivity index (χ1n) is 7.48. The molecule has 1 amide bonds. The maximum atomic E-state index is 11.6. The summed E-state index contributed by atoms with van der Waals surface area (Å²) < 4.78 is 5.24. The van der Waals surface area contributed by atoms with E-state index < -0.39 is 5.60 Å². The molecule has 0 bridgehead atoms. The molecule has 0 saturated carbocycles. The molecule has 2 heterocycles. The van der Waals surface area contributed by atoms with Crippen molar-refractivity contribution in [2.45, 2.75) is 39.3 Å². The Morgan fingerprint density at radius 1 is 1.45 bits per heavy atom. The van der Waals surface area contributed by atoms with Crippen LogP contribution >= 0.6 is 11.6 Å². The minimum Gasteiger partial charge on any atom is -0.444 e. The number of hydrogen-bond acceptors (Lipinski definition) is 5. The zero-order chi connectivity index (χ0) is 16.2. The predicted octanol–water partition coefficient (Wildman–Crippen LogP) is 2.48. The fourth-order valence-electron chi connectivity index (χ4n) is 2.43. The number of carbonyl (C=O) groups excluding carboxylic acids is 1. The lowest BCUT2D eigenvalue weighted by atomic mass is 10.1. The Morgan fingerprint density at radius 2 is 2.18 bits per heavy atom. The van der Waals surface area contributed by atoms with Gasteiger partial charge in [0.25, 0.3) is 0 Å². The van der Waals surface area contributed by atoms with E-state index in [0.29, 0.717) is 24.2 Å². The highest BCUT2D eigenvalue weighted by molar-refractivity contribution is 6.29. The van der Waals surface area contributed by atoms with Crippen LogP contribution in [-0.2, 0) is 11.3 Å². The molecule has 1 fully saturated rings. The van der Waals surface area contributed by atoms with E-state index in [4.69, 9.17) is 16.3 Å². The first-order valence-corrected chi connectivity index (χ1v) is 7.86. The van der Waals surface area contributed by atoms with Crippen LogP contribution in [0.1, 0.15) is 32.9 Å². The number of nitrogens with one attached hydrogen (secondary N) is 1. The molecule has 1 aliphatic rings. The molecule has 2 rings (SSSR count). The summed E-state index contributed by atoms with van der Waals surface area (Å²) in [6.45, 7) is 8.75. The van der Waals surface area contributed by atoms with Crippen LogP contribution < -0.4 is 5.32 Å². The van der Waals surface area contributed by atoms with Crippen molar-refractivity contribution in [2.24, 2.45) is 5.92 Å². The molecule has 0 aliphatic carbocycles. The maximum absolute atomic E-state index is 11.6. The highest BCUT2D eigenvalue weighted by atomic mass is 35.5. The van der Waals surface area contributed by atoms with Crippen molar-refractivity contribution in [3.05, 3.63) is 23.2 Å². The highest BCUT2D eigenvalue weighted by Crippen LogP contribution is 2.19. The van der Waals surface area contributed by atoms with Gasteiger partial charge in [-0.05, 0) is 39.7 Å². The lowest BCUT2D eigenvalue weighted by molar-refractivity contribution is 0.0519. The number of alkyl carbamates (subject to hydrolysis) is 1. The predicted molar refractivity (Wildman–Crippen MR) is 84.7 cm³/mol. The molecule has 1 aromatic heterocycles. The van der Waals surface area contributed by atoms with Crippen molar-refractivity contribution in [3.63, 3.8) is 0 Å². The lowest BCUT2D eigenvalue weighted by Gasteiger charge is -2.21. The largest absolute Gasteiger partial charge is 0.444 e. The Kier molecular flexibility index (Phi) is 5.58. The standard InChI is InChI=1S/C15H23ClN4O2/c1-15(2,3)22-14(21)19-8-11-4-7-20(9-11)10-12-13(16)18-6-5-17-12/h5-6,11H,4,7-10H2,1-3H3,(H,19,21). The number of ether oxygens (including phenoxy) is 1. The van der Waals surface area contributed by atoms with Crippen LogP contribution in [0.3, 0.4) is 0 Å². The Bertz CT molecular complexity index is 519. The Balaban J connectivity index is 1.74. The summed E-state index contributed by atoms with van der Waals surface area (Å²) >= 11 is 6.03. The Hall–Kier alpha value is -1.40.